The van der Waals surface area contributed by atoms with E-state index in [4.69, 9.17) is 0 Å². The number of piperazine rings is 1. The summed E-state index contributed by atoms with van der Waals surface area (Å²) in [6.45, 7) is 4.59. The van der Waals surface area contributed by atoms with Gasteiger partial charge in [0.05, 0.1) is 0 Å². The third kappa shape index (κ3) is 4.34. The molecule has 2 rings (SSSR count). The summed E-state index contributed by atoms with van der Waals surface area (Å²) >= 11 is 1.94. The standard InChI is InChI=1S/C14H22N2S/c1-17-10-7-14-12-16(9-8-15-14)11-13-5-3-2-4-6-13/h2-6,14-15H,7-12H2,1H3/t14-/m0/s1. The van der Waals surface area contributed by atoms with Gasteiger partial charge in [-0.1, -0.05) is 30.3 Å². The van der Waals surface area contributed by atoms with Gasteiger partial charge in [-0.25, -0.2) is 0 Å². The molecule has 1 aromatic carbocycles. The number of nitrogens with zero attached hydrogens (tertiary/aromatic N) is 1. The summed E-state index contributed by atoms with van der Waals surface area (Å²) in [7, 11) is 0. The Morgan fingerprint density at radius 1 is 1.35 bits per heavy atom. The van der Waals surface area contributed by atoms with E-state index in [0.717, 1.165) is 13.1 Å². The molecule has 1 aromatic rings. The van der Waals surface area contributed by atoms with Crippen LogP contribution in [0, 0.1) is 0 Å². The zero-order chi connectivity index (χ0) is 11.9. The molecule has 0 aromatic heterocycles. The summed E-state index contributed by atoms with van der Waals surface area (Å²) < 4.78 is 0. The number of benzene rings is 1. The molecule has 1 atom stereocenters. The first-order valence-corrected chi connectivity index (χ1v) is 7.76. The smallest absolute Gasteiger partial charge is 0.0234 e. The maximum atomic E-state index is 3.61. The Kier molecular flexibility index (Phi) is 5.36. The Hall–Kier alpha value is -0.510. The molecule has 0 bridgehead atoms. The van der Waals surface area contributed by atoms with E-state index >= 15 is 0 Å². The Bertz CT molecular complexity index is 315. The highest BCUT2D eigenvalue weighted by Gasteiger charge is 2.18. The summed E-state index contributed by atoms with van der Waals surface area (Å²) in [5.41, 5.74) is 1.43. The van der Waals surface area contributed by atoms with Crippen molar-refractivity contribution < 1.29 is 0 Å². The van der Waals surface area contributed by atoms with Crippen molar-refractivity contribution in [2.45, 2.75) is 19.0 Å². The van der Waals surface area contributed by atoms with Gasteiger partial charge in [-0.2, -0.15) is 11.8 Å². The van der Waals surface area contributed by atoms with Gasteiger partial charge in [-0.05, 0) is 24.0 Å². The highest BCUT2D eigenvalue weighted by molar-refractivity contribution is 7.98. The molecular formula is C14H22N2S. The maximum Gasteiger partial charge on any atom is 0.0234 e. The molecule has 3 heteroatoms. The topological polar surface area (TPSA) is 15.3 Å². The molecular weight excluding hydrogens is 228 g/mol. The molecule has 94 valence electrons. The third-order valence-corrected chi connectivity index (χ3v) is 3.90. The van der Waals surface area contributed by atoms with Crippen LogP contribution in [-0.4, -0.2) is 42.6 Å². The quantitative estimate of drug-likeness (QED) is 0.862. The van der Waals surface area contributed by atoms with Crippen LogP contribution in [0.2, 0.25) is 0 Å². The van der Waals surface area contributed by atoms with Crippen molar-refractivity contribution in [1.82, 2.24) is 10.2 Å². The fraction of sp³-hybridized carbons (Fsp3) is 0.571. The second-order valence-corrected chi connectivity index (χ2v) is 5.64. The molecule has 0 aliphatic carbocycles. The summed E-state index contributed by atoms with van der Waals surface area (Å²) in [5, 5.41) is 3.61. The molecule has 1 N–H and O–H groups in total. The van der Waals surface area contributed by atoms with Crippen LogP contribution < -0.4 is 5.32 Å². The molecule has 1 aliphatic rings. The zero-order valence-corrected chi connectivity index (χ0v) is 11.4. The molecule has 0 radical (unpaired) electrons. The predicted molar refractivity (Wildman–Crippen MR) is 76.5 cm³/mol. The first-order chi connectivity index (χ1) is 8.38. The van der Waals surface area contributed by atoms with Crippen LogP contribution >= 0.6 is 11.8 Å². The van der Waals surface area contributed by atoms with E-state index in [2.05, 4.69) is 46.8 Å². The minimum absolute atomic E-state index is 0.680. The molecule has 0 amide bonds. The van der Waals surface area contributed by atoms with E-state index in [1.165, 1.54) is 30.8 Å². The molecule has 2 nitrogen and oxygen atoms in total. The molecule has 1 saturated heterocycles. The first kappa shape index (κ1) is 12.9. The summed E-state index contributed by atoms with van der Waals surface area (Å²) in [6, 6.07) is 11.5. The van der Waals surface area contributed by atoms with E-state index < -0.39 is 0 Å². The van der Waals surface area contributed by atoms with Gasteiger partial charge < -0.3 is 5.32 Å². The molecule has 1 heterocycles. The Labute approximate surface area is 109 Å². The van der Waals surface area contributed by atoms with E-state index in [1.54, 1.807) is 0 Å². The molecule has 1 fully saturated rings. The molecule has 0 saturated carbocycles. The third-order valence-electron chi connectivity index (χ3n) is 3.26. The lowest BCUT2D eigenvalue weighted by atomic mass is 10.1. The zero-order valence-electron chi connectivity index (χ0n) is 10.6. The summed E-state index contributed by atoms with van der Waals surface area (Å²) in [6.07, 6.45) is 3.47. The van der Waals surface area contributed by atoms with Crippen LogP contribution in [0.25, 0.3) is 0 Å². The minimum atomic E-state index is 0.680. The van der Waals surface area contributed by atoms with Crippen molar-refractivity contribution in [2.24, 2.45) is 0 Å². The van der Waals surface area contributed by atoms with Gasteiger partial charge in [0.1, 0.15) is 0 Å². The summed E-state index contributed by atoms with van der Waals surface area (Å²) in [5.74, 6) is 1.26. The number of nitrogens with one attached hydrogen (secondary N) is 1. The van der Waals surface area contributed by atoms with Crippen LogP contribution in [-0.2, 0) is 6.54 Å². The highest BCUT2D eigenvalue weighted by atomic mass is 32.2. The van der Waals surface area contributed by atoms with Gasteiger partial charge in [0.15, 0.2) is 0 Å². The van der Waals surface area contributed by atoms with Crippen LogP contribution in [0.4, 0.5) is 0 Å². The van der Waals surface area contributed by atoms with E-state index in [-0.39, 0.29) is 0 Å². The fourth-order valence-corrected chi connectivity index (χ4v) is 2.85. The lowest BCUT2D eigenvalue weighted by Gasteiger charge is -2.33. The lowest BCUT2D eigenvalue weighted by molar-refractivity contribution is 0.190. The molecule has 17 heavy (non-hydrogen) atoms. The molecule has 0 unspecified atom stereocenters. The van der Waals surface area contributed by atoms with Crippen LogP contribution in [0.3, 0.4) is 0 Å². The minimum Gasteiger partial charge on any atom is -0.311 e. The van der Waals surface area contributed by atoms with Crippen molar-refractivity contribution in [3.8, 4) is 0 Å². The number of hydrogen-bond acceptors (Lipinski definition) is 3. The first-order valence-electron chi connectivity index (χ1n) is 6.37. The van der Waals surface area contributed by atoms with Gasteiger partial charge >= 0.3 is 0 Å². The lowest BCUT2D eigenvalue weighted by Crippen LogP contribution is -2.50. The van der Waals surface area contributed by atoms with E-state index in [0.29, 0.717) is 6.04 Å². The van der Waals surface area contributed by atoms with Gasteiger partial charge in [0.2, 0.25) is 0 Å². The van der Waals surface area contributed by atoms with Crippen LogP contribution in [0.5, 0.6) is 0 Å². The predicted octanol–water partition coefficient (Wildman–Crippen LogP) is 2.21. The van der Waals surface area contributed by atoms with Crippen molar-refractivity contribution in [1.29, 1.82) is 0 Å². The van der Waals surface area contributed by atoms with Gasteiger partial charge in [-0.3, -0.25) is 4.90 Å². The van der Waals surface area contributed by atoms with Crippen molar-refractivity contribution in [3.05, 3.63) is 35.9 Å². The average molecular weight is 250 g/mol. The number of hydrogen-bond donors (Lipinski definition) is 1. The average Bonchev–Trinajstić information content (AvgIpc) is 2.38. The largest absolute Gasteiger partial charge is 0.311 e. The van der Waals surface area contributed by atoms with Crippen molar-refractivity contribution in [2.75, 3.05) is 31.6 Å². The number of thioether (sulfide) groups is 1. The van der Waals surface area contributed by atoms with Gasteiger partial charge in [0.25, 0.3) is 0 Å². The maximum absolute atomic E-state index is 3.61. The molecule has 0 spiro atoms. The normalized spacial score (nSPS) is 21.6. The van der Waals surface area contributed by atoms with E-state index in [9.17, 15) is 0 Å². The second-order valence-electron chi connectivity index (χ2n) is 4.65. The molecule has 1 aliphatic heterocycles. The van der Waals surface area contributed by atoms with Crippen molar-refractivity contribution >= 4 is 11.8 Å². The SMILES string of the molecule is CSCC[C@H]1CN(Cc2ccccc2)CCN1. The van der Waals surface area contributed by atoms with Crippen molar-refractivity contribution in [3.63, 3.8) is 0 Å². The fourth-order valence-electron chi connectivity index (χ4n) is 2.33. The Morgan fingerprint density at radius 2 is 2.18 bits per heavy atom. The van der Waals surface area contributed by atoms with E-state index in [1.807, 2.05) is 11.8 Å². The Morgan fingerprint density at radius 3 is 2.94 bits per heavy atom. The van der Waals surface area contributed by atoms with Gasteiger partial charge in [-0.15, -0.1) is 0 Å². The monoisotopic (exact) mass is 250 g/mol. The van der Waals surface area contributed by atoms with Crippen LogP contribution in [0.1, 0.15) is 12.0 Å². The Balaban J connectivity index is 1.81. The second kappa shape index (κ2) is 7.04. The number of rotatable bonds is 5. The highest BCUT2D eigenvalue weighted by Crippen LogP contribution is 2.10. The van der Waals surface area contributed by atoms with Gasteiger partial charge in [0, 0.05) is 32.2 Å². The summed E-state index contributed by atoms with van der Waals surface area (Å²) in [4.78, 5) is 2.57. The van der Waals surface area contributed by atoms with Crippen LogP contribution in [0.15, 0.2) is 30.3 Å².